The fraction of sp³-hybridized carbons (Fsp3) is 0.273. The fourth-order valence-electron chi connectivity index (χ4n) is 3.59. The SMILES string of the molecule is O=C(CN1CCC(Nc2ccccc2O)CC1)Nc1cnc2ccccc2c1. The summed E-state index contributed by atoms with van der Waals surface area (Å²) in [5, 5.41) is 17.2. The van der Waals surface area contributed by atoms with Gasteiger partial charge in [-0.25, -0.2) is 0 Å². The third-order valence-electron chi connectivity index (χ3n) is 5.09. The topological polar surface area (TPSA) is 77.5 Å². The Morgan fingerprint density at radius 2 is 1.86 bits per heavy atom. The van der Waals surface area contributed by atoms with Gasteiger partial charge in [0.05, 0.1) is 29.6 Å². The predicted molar refractivity (Wildman–Crippen MR) is 112 cm³/mol. The van der Waals surface area contributed by atoms with Gasteiger partial charge < -0.3 is 15.7 Å². The van der Waals surface area contributed by atoms with Gasteiger partial charge in [0, 0.05) is 24.5 Å². The van der Waals surface area contributed by atoms with Gasteiger partial charge in [0.25, 0.3) is 0 Å². The molecule has 4 rings (SSSR count). The largest absolute Gasteiger partial charge is 0.506 e. The van der Waals surface area contributed by atoms with Gasteiger partial charge in [0.15, 0.2) is 0 Å². The molecule has 144 valence electrons. The Morgan fingerprint density at radius 3 is 2.68 bits per heavy atom. The number of hydrogen-bond acceptors (Lipinski definition) is 5. The number of phenols is 1. The van der Waals surface area contributed by atoms with E-state index in [0.29, 0.717) is 12.6 Å². The standard InChI is InChI=1S/C22H24N4O2/c27-21-8-4-3-7-20(21)24-17-9-11-26(12-10-17)15-22(28)25-18-13-16-5-1-2-6-19(16)23-14-18/h1-8,13-14,17,24,27H,9-12,15H2,(H,25,28). The molecule has 1 aliphatic rings. The van der Waals surface area contributed by atoms with Crippen LogP contribution in [0.5, 0.6) is 5.75 Å². The van der Waals surface area contributed by atoms with Crippen molar-refractivity contribution in [1.29, 1.82) is 0 Å². The second-order valence-corrected chi connectivity index (χ2v) is 7.18. The van der Waals surface area contributed by atoms with Crippen LogP contribution in [0.2, 0.25) is 0 Å². The first-order valence-corrected chi connectivity index (χ1v) is 9.59. The molecule has 6 heteroatoms. The Bertz CT molecular complexity index is 967. The lowest BCUT2D eigenvalue weighted by molar-refractivity contribution is -0.117. The maximum atomic E-state index is 12.4. The lowest BCUT2D eigenvalue weighted by atomic mass is 10.0. The number of likely N-dealkylation sites (tertiary alicyclic amines) is 1. The third-order valence-corrected chi connectivity index (χ3v) is 5.09. The van der Waals surface area contributed by atoms with Crippen LogP contribution in [0.15, 0.2) is 60.8 Å². The molecule has 1 saturated heterocycles. The molecule has 2 aromatic carbocycles. The highest BCUT2D eigenvalue weighted by Crippen LogP contribution is 2.25. The summed E-state index contributed by atoms with van der Waals surface area (Å²) < 4.78 is 0. The third kappa shape index (κ3) is 4.40. The first kappa shape index (κ1) is 18.3. The summed E-state index contributed by atoms with van der Waals surface area (Å²) in [5.74, 6) is 0.248. The van der Waals surface area contributed by atoms with Crippen molar-refractivity contribution in [3.63, 3.8) is 0 Å². The van der Waals surface area contributed by atoms with E-state index in [4.69, 9.17) is 0 Å². The highest BCUT2D eigenvalue weighted by molar-refractivity contribution is 5.94. The minimum Gasteiger partial charge on any atom is -0.506 e. The average molecular weight is 376 g/mol. The zero-order chi connectivity index (χ0) is 19.3. The summed E-state index contributed by atoms with van der Waals surface area (Å²) >= 11 is 0. The minimum absolute atomic E-state index is 0.0239. The summed E-state index contributed by atoms with van der Waals surface area (Å²) in [6.45, 7) is 2.05. The smallest absolute Gasteiger partial charge is 0.238 e. The van der Waals surface area contributed by atoms with Crippen molar-refractivity contribution in [2.24, 2.45) is 0 Å². The zero-order valence-corrected chi connectivity index (χ0v) is 15.6. The Hall–Kier alpha value is -3.12. The van der Waals surface area contributed by atoms with E-state index in [1.807, 2.05) is 48.5 Å². The predicted octanol–water partition coefficient (Wildman–Crippen LogP) is 3.46. The molecule has 2 heterocycles. The Balaban J connectivity index is 1.27. The molecular formula is C22H24N4O2. The normalized spacial score (nSPS) is 15.4. The number of nitrogens with one attached hydrogen (secondary N) is 2. The maximum absolute atomic E-state index is 12.4. The number of hydrogen-bond donors (Lipinski definition) is 3. The van der Waals surface area contributed by atoms with Crippen LogP contribution in [-0.4, -0.2) is 46.6 Å². The number of fused-ring (bicyclic) bond motifs is 1. The number of anilines is 2. The van der Waals surface area contributed by atoms with E-state index in [1.165, 1.54) is 0 Å². The molecule has 1 aliphatic heterocycles. The molecule has 0 spiro atoms. The van der Waals surface area contributed by atoms with Gasteiger partial charge in [-0.1, -0.05) is 30.3 Å². The average Bonchev–Trinajstić information content (AvgIpc) is 2.71. The number of carbonyl (C=O) groups is 1. The maximum Gasteiger partial charge on any atom is 0.238 e. The highest BCUT2D eigenvalue weighted by atomic mass is 16.3. The molecule has 6 nitrogen and oxygen atoms in total. The number of nitrogens with zero attached hydrogens (tertiary/aromatic N) is 2. The molecule has 1 aromatic heterocycles. The first-order valence-electron chi connectivity index (χ1n) is 9.59. The quantitative estimate of drug-likeness (QED) is 0.595. The number of piperidine rings is 1. The first-order chi connectivity index (χ1) is 13.7. The number of pyridine rings is 1. The van der Waals surface area contributed by atoms with E-state index in [0.717, 1.165) is 48.2 Å². The molecule has 1 amide bonds. The molecule has 3 aromatic rings. The molecule has 0 unspecified atom stereocenters. The monoisotopic (exact) mass is 376 g/mol. The molecule has 1 fully saturated rings. The van der Waals surface area contributed by atoms with Crippen molar-refractivity contribution >= 4 is 28.2 Å². The van der Waals surface area contributed by atoms with E-state index in [9.17, 15) is 9.90 Å². The van der Waals surface area contributed by atoms with Crippen LogP contribution in [0, 0.1) is 0 Å². The number of phenolic OH excluding ortho intramolecular Hbond substituents is 1. The molecule has 28 heavy (non-hydrogen) atoms. The van der Waals surface area contributed by atoms with Crippen LogP contribution in [-0.2, 0) is 4.79 Å². The van der Waals surface area contributed by atoms with E-state index in [1.54, 1.807) is 12.3 Å². The van der Waals surface area contributed by atoms with Gasteiger partial charge >= 0.3 is 0 Å². The Morgan fingerprint density at radius 1 is 1.11 bits per heavy atom. The Labute approximate surface area is 164 Å². The summed E-state index contributed by atoms with van der Waals surface area (Å²) in [6, 6.07) is 17.4. The van der Waals surface area contributed by atoms with Gasteiger partial charge in [-0.2, -0.15) is 0 Å². The number of benzene rings is 2. The van der Waals surface area contributed by atoms with Crippen LogP contribution in [0.4, 0.5) is 11.4 Å². The lowest BCUT2D eigenvalue weighted by Crippen LogP contribution is -2.42. The van der Waals surface area contributed by atoms with Crippen LogP contribution in [0.25, 0.3) is 10.9 Å². The number of aromatic hydroxyl groups is 1. The van der Waals surface area contributed by atoms with E-state index in [-0.39, 0.29) is 11.7 Å². The number of carbonyl (C=O) groups excluding carboxylic acids is 1. The summed E-state index contributed by atoms with van der Waals surface area (Å²) in [4.78, 5) is 18.9. The van der Waals surface area contributed by atoms with Crippen molar-refractivity contribution in [2.45, 2.75) is 18.9 Å². The van der Waals surface area contributed by atoms with Crippen LogP contribution in [0.1, 0.15) is 12.8 Å². The molecule has 0 atom stereocenters. The van der Waals surface area contributed by atoms with Crippen LogP contribution >= 0.6 is 0 Å². The van der Waals surface area contributed by atoms with Gasteiger partial charge in [0.2, 0.25) is 5.91 Å². The lowest BCUT2D eigenvalue weighted by Gasteiger charge is -2.32. The fourth-order valence-corrected chi connectivity index (χ4v) is 3.59. The minimum atomic E-state index is -0.0239. The van der Waals surface area contributed by atoms with Crippen LogP contribution < -0.4 is 10.6 Å². The van der Waals surface area contributed by atoms with Crippen molar-refractivity contribution in [3.05, 3.63) is 60.8 Å². The zero-order valence-electron chi connectivity index (χ0n) is 15.6. The second-order valence-electron chi connectivity index (χ2n) is 7.18. The van der Waals surface area contributed by atoms with Crippen molar-refractivity contribution in [2.75, 3.05) is 30.3 Å². The van der Waals surface area contributed by atoms with Crippen molar-refractivity contribution < 1.29 is 9.90 Å². The number of rotatable bonds is 5. The van der Waals surface area contributed by atoms with E-state index in [2.05, 4.69) is 20.5 Å². The Kier molecular flexibility index (Phi) is 5.39. The van der Waals surface area contributed by atoms with E-state index >= 15 is 0 Å². The highest BCUT2D eigenvalue weighted by Gasteiger charge is 2.21. The van der Waals surface area contributed by atoms with Gasteiger partial charge in [-0.05, 0) is 37.1 Å². The van der Waals surface area contributed by atoms with E-state index < -0.39 is 0 Å². The summed E-state index contributed by atoms with van der Waals surface area (Å²) in [7, 11) is 0. The number of amides is 1. The molecule has 0 radical (unpaired) electrons. The van der Waals surface area contributed by atoms with Crippen molar-refractivity contribution in [1.82, 2.24) is 9.88 Å². The number of aromatic nitrogens is 1. The summed E-state index contributed by atoms with van der Waals surface area (Å²) in [5.41, 5.74) is 2.40. The summed E-state index contributed by atoms with van der Waals surface area (Å²) in [6.07, 6.45) is 3.56. The molecule has 0 bridgehead atoms. The molecule has 0 saturated carbocycles. The molecule has 3 N–H and O–H groups in total. The van der Waals surface area contributed by atoms with Crippen LogP contribution in [0.3, 0.4) is 0 Å². The number of para-hydroxylation sites is 3. The van der Waals surface area contributed by atoms with Crippen molar-refractivity contribution in [3.8, 4) is 5.75 Å². The van der Waals surface area contributed by atoms with Gasteiger partial charge in [-0.3, -0.25) is 14.7 Å². The second kappa shape index (κ2) is 8.27. The molecule has 0 aliphatic carbocycles. The molecular weight excluding hydrogens is 352 g/mol. The van der Waals surface area contributed by atoms with Gasteiger partial charge in [-0.15, -0.1) is 0 Å². The van der Waals surface area contributed by atoms with Gasteiger partial charge in [0.1, 0.15) is 5.75 Å².